The first-order valence-electron chi connectivity index (χ1n) is 20.2. The Hall–Kier alpha value is -6.70. The predicted octanol–water partition coefficient (Wildman–Crippen LogP) is 13.9. The lowest BCUT2D eigenvalue weighted by Gasteiger charge is -2.31. The summed E-state index contributed by atoms with van der Waals surface area (Å²) in [5.74, 6) is 0.315. The molecule has 56 heavy (non-hydrogen) atoms. The minimum atomic E-state index is -0.397. The van der Waals surface area contributed by atoms with Gasteiger partial charge in [-0.05, 0) is 156 Å². The van der Waals surface area contributed by atoms with E-state index in [1.165, 1.54) is 111 Å². The van der Waals surface area contributed by atoms with Crippen molar-refractivity contribution in [3.63, 3.8) is 0 Å². The highest BCUT2D eigenvalue weighted by atomic mass is 15.2. The fraction of sp³-hybridized carbons (Fsp3) is 0.0909. The van der Waals surface area contributed by atoms with E-state index in [1.54, 1.807) is 0 Å². The zero-order chi connectivity index (χ0) is 36.5. The molecule has 0 N–H and O–H groups in total. The molecule has 0 radical (unpaired) electrons. The summed E-state index contributed by atoms with van der Waals surface area (Å²) in [6.45, 7) is 0. The lowest BCUT2D eigenvalue weighted by Crippen LogP contribution is -2.25. The van der Waals surface area contributed by atoms with E-state index in [1.807, 2.05) is 0 Å². The number of rotatable bonds is 2. The minimum Gasteiger partial charge on any atom is -0.313 e. The Kier molecular flexibility index (Phi) is 6.11. The van der Waals surface area contributed by atoms with Crippen LogP contribution in [-0.4, -0.2) is 0 Å². The molecule has 1 nitrogen and oxygen atoms in total. The number of benzene rings is 8. The molecular weight excluding hydrogens is 675 g/mol. The molecule has 1 heterocycles. The van der Waals surface area contributed by atoms with Crippen molar-refractivity contribution in [2.45, 2.75) is 30.6 Å². The molecule has 13 rings (SSSR count). The molecule has 5 aliphatic rings. The number of aryl methyl sites for hydroxylation is 1. The zero-order valence-corrected chi connectivity index (χ0v) is 31.0. The number of anilines is 2. The lowest BCUT2D eigenvalue weighted by molar-refractivity contribution is 0.794. The smallest absolute Gasteiger partial charge is 0.0725 e. The molecule has 0 bridgehead atoms. The van der Waals surface area contributed by atoms with Crippen LogP contribution >= 0.6 is 0 Å². The van der Waals surface area contributed by atoms with Crippen LogP contribution in [0.3, 0.4) is 0 Å². The SMILES string of the molecule is C1=Cc2c(c3ccccc3c3cc4c(cc23)-c2ccccc2C42c3ccccc3-c3cc(C4=CC=C5C(C4)c4ccccc4N5c4ccccc4)ccc32)CC1. The van der Waals surface area contributed by atoms with Crippen molar-refractivity contribution in [1.29, 1.82) is 0 Å². The van der Waals surface area contributed by atoms with Crippen LogP contribution in [-0.2, 0) is 11.8 Å². The molecule has 4 aliphatic carbocycles. The van der Waals surface area contributed by atoms with Crippen molar-refractivity contribution in [2.75, 3.05) is 4.90 Å². The molecule has 262 valence electrons. The van der Waals surface area contributed by atoms with Gasteiger partial charge in [0.05, 0.1) is 5.41 Å². The third-order valence-corrected chi connectivity index (χ3v) is 13.7. The first kappa shape index (κ1) is 30.6. The van der Waals surface area contributed by atoms with Crippen LogP contribution < -0.4 is 4.90 Å². The Bertz CT molecular complexity index is 3120. The monoisotopic (exact) mass is 711 g/mol. The van der Waals surface area contributed by atoms with E-state index in [0.29, 0.717) is 5.92 Å². The van der Waals surface area contributed by atoms with Crippen LogP contribution in [0.2, 0.25) is 0 Å². The van der Waals surface area contributed by atoms with Gasteiger partial charge in [-0.15, -0.1) is 0 Å². The molecule has 8 aromatic carbocycles. The van der Waals surface area contributed by atoms with E-state index in [4.69, 9.17) is 0 Å². The molecule has 2 atom stereocenters. The number of allylic oxidation sites excluding steroid dienone is 5. The van der Waals surface area contributed by atoms with Gasteiger partial charge in [0.2, 0.25) is 0 Å². The maximum Gasteiger partial charge on any atom is 0.0725 e. The summed E-state index contributed by atoms with van der Waals surface area (Å²) in [5, 5.41) is 5.49. The van der Waals surface area contributed by atoms with Gasteiger partial charge in [0.25, 0.3) is 0 Å². The summed E-state index contributed by atoms with van der Waals surface area (Å²) in [7, 11) is 0. The molecule has 1 spiro atoms. The second kappa shape index (κ2) is 11.2. The highest BCUT2D eigenvalue weighted by Gasteiger charge is 2.52. The topological polar surface area (TPSA) is 3.24 Å². The van der Waals surface area contributed by atoms with E-state index < -0.39 is 5.41 Å². The largest absolute Gasteiger partial charge is 0.313 e. The Morgan fingerprint density at radius 2 is 1.21 bits per heavy atom. The summed E-state index contributed by atoms with van der Waals surface area (Å²) in [5.41, 5.74) is 21.5. The molecule has 0 aromatic heterocycles. The zero-order valence-electron chi connectivity index (χ0n) is 31.0. The normalized spacial score (nSPS) is 19.2. The third-order valence-electron chi connectivity index (χ3n) is 13.7. The quantitative estimate of drug-likeness (QED) is 0.161. The summed E-state index contributed by atoms with van der Waals surface area (Å²) in [4.78, 5) is 2.46. The van der Waals surface area contributed by atoms with Gasteiger partial charge in [-0.25, -0.2) is 0 Å². The summed E-state index contributed by atoms with van der Waals surface area (Å²) in [6.07, 6.45) is 12.7. The van der Waals surface area contributed by atoms with Crippen LogP contribution in [0.5, 0.6) is 0 Å². The average Bonchev–Trinajstić information content (AvgIpc) is 3.87. The standard InChI is InChI=1S/C55H37N/c1-2-14-36(15-3-1)56-53-25-13-10-22-43(53)48-31-35(27-29-54(48)56)34-26-28-51-46(30-34)41-20-8-11-23-49(41)55(51)50-24-12-9-21-42(50)47-32-44-39-18-6-4-16-37(39)38-17-5-7-19-40(38)45(44)33-52(47)55/h1-3,5-15,17-30,32-33,48H,4,16,31H2. The molecule has 8 aromatic rings. The van der Waals surface area contributed by atoms with Crippen LogP contribution in [0.25, 0.3) is 55.4 Å². The maximum atomic E-state index is 2.58. The highest BCUT2D eigenvalue weighted by Crippen LogP contribution is 2.64. The molecule has 0 fully saturated rings. The summed E-state index contributed by atoms with van der Waals surface area (Å²) < 4.78 is 0. The fourth-order valence-corrected chi connectivity index (χ4v) is 11.4. The van der Waals surface area contributed by atoms with Crippen molar-refractivity contribution < 1.29 is 0 Å². The summed E-state index contributed by atoms with van der Waals surface area (Å²) in [6, 6.07) is 59.9. The third kappa shape index (κ3) is 3.85. The minimum absolute atomic E-state index is 0.315. The van der Waals surface area contributed by atoms with Crippen molar-refractivity contribution in [2.24, 2.45) is 0 Å². The van der Waals surface area contributed by atoms with Crippen LogP contribution in [0.1, 0.15) is 63.3 Å². The highest BCUT2D eigenvalue weighted by molar-refractivity contribution is 6.15. The van der Waals surface area contributed by atoms with E-state index in [9.17, 15) is 0 Å². The van der Waals surface area contributed by atoms with Gasteiger partial charge in [0.1, 0.15) is 0 Å². The molecule has 1 heteroatoms. The Labute approximate surface area is 327 Å². The molecule has 0 amide bonds. The molecular formula is C55H37N. The number of para-hydroxylation sites is 2. The number of fused-ring (bicyclic) bond motifs is 19. The van der Waals surface area contributed by atoms with Crippen LogP contribution in [0.4, 0.5) is 11.4 Å². The van der Waals surface area contributed by atoms with E-state index in [-0.39, 0.29) is 0 Å². The summed E-state index contributed by atoms with van der Waals surface area (Å²) >= 11 is 0. The first-order valence-corrected chi connectivity index (χ1v) is 20.2. The molecule has 1 aliphatic heterocycles. The molecule has 0 saturated carbocycles. The average molecular weight is 712 g/mol. The Morgan fingerprint density at radius 1 is 0.518 bits per heavy atom. The second-order valence-corrected chi connectivity index (χ2v) is 16.2. The molecule has 2 unspecified atom stereocenters. The van der Waals surface area contributed by atoms with Gasteiger partial charge in [0.15, 0.2) is 0 Å². The van der Waals surface area contributed by atoms with Crippen molar-refractivity contribution in [3.05, 3.63) is 226 Å². The first-order chi connectivity index (χ1) is 27.8. The van der Waals surface area contributed by atoms with Gasteiger partial charge in [-0.1, -0.05) is 140 Å². The predicted molar refractivity (Wildman–Crippen MR) is 234 cm³/mol. The second-order valence-electron chi connectivity index (χ2n) is 16.2. The Morgan fingerprint density at radius 3 is 2.05 bits per heavy atom. The number of hydrogen-bond acceptors (Lipinski definition) is 1. The van der Waals surface area contributed by atoms with Crippen molar-refractivity contribution >= 4 is 44.6 Å². The van der Waals surface area contributed by atoms with E-state index in [0.717, 1.165) is 19.3 Å². The maximum absolute atomic E-state index is 2.58. The lowest BCUT2D eigenvalue weighted by atomic mass is 9.70. The van der Waals surface area contributed by atoms with Crippen LogP contribution in [0.15, 0.2) is 182 Å². The van der Waals surface area contributed by atoms with Crippen LogP contribution in [0, 0.1) is 0 Å². The van der Waals surface area contributed by atoms with Gasteiger partial charge in [-0.2, -0.15) is 0 Å². The van der Waals surface area contributed by atoms with E-state index in [2.05, 4.69) is 187 Å². The van der Waals surface area contributed by atoms with Gasteiger partial charge < -0.3 is 4.90 Å². The number of nitrogens with zero attached hydrogens (tertiary/aromatic N) is 1. The Balaban J connectivity index is 1.02. The molecule has 0 saturated heterocycles. The van der Waals surface area contributed by atoms with Gasteiger partial charge in [0, 0.05) is 23.0 Å². The van der Waals surface area contributed by atoms with E-state index >= 15 is 0 Å². The van der Waals surface area contributed by atoms with Crippen molar-refractivity contribution in [1.82, 2.24) is 0 Å². The fourth-order valence-electron chi connectivity index (χ4n) is 11.4. The number of hydrogen-bond donors (Lipinski definition) is 0. The van der Waals surface area contributed by atoms with Gasteiger partial charge in [-0.3, -0.25) is 0 Å². The van der Waals surface area contributed by atoms with Gasteiger partial charge >= 0.3 is 0 Å². The van der Waals surface area contributed by atoms with Crippen molar-refractivity contribution in [3.8, 4) is 22.3 Å².